The molecule has 0 saturated carbocycles. The summed E-state index contributed by atoms with van der Waals surface area (Å²) in [4.78, 5) is 0. The van der Waals surface area contributed by atoms with Gasteiger partial charge in [0.2, 0.25) is 0 Å². The second-order valence-corrected chi connectivity index (χ2v) is 3.13. The highest BCUT2D eigenvalue weighted by atomic mass is 16.5. The van der Waals surface area contributed by atoms with E-state index in [1.807, 2.05) is 19.3 Å². The highest BCUT2D eigenvalue weighted by Crippen LogP contribution is 2.25. The molecule has 1 aromatic rings. The van der Waals surface area contributed by atoms with Gasteiger partial charge in [-0.3, -0.25) is 4.68 Å². The minimum Gasteiger partial charge on any atom is -0.501 e. The number of aryl methyl sites for hydroxylation is 1. The molecule has 2 rings (SSSR count). The summed E-state index contributed by atoms with van der Waals surface area (Å²) in [5.41, 5.74) is 1.58. The zero-order chi connectivity index (χ0) is 9.26. The number of hydrogen-bond acceptors (Lipinski definition) is 3. The molecular formula is C9H12N2O2. The number of ether oxygens (including phenoxy) is 1. The van der Waals surface area contributed by atoms with E-state index < -0.39 is 6.10 Å². The van der Waals surface area contributed by atoms with Crippen LogP contribution < -0.4 is 0 Å². The molecule has 0 aromatic carbocycles. The van der Waals surface area contributed by atoms with Crippen LogP contribution in [0.25, 0.3) is 0 Å². The van der Waals surface area contributed by atoms with Crippen molar-refractivity contribution < 1.29 is 9.84 Å². The van der Waals surface area contributed by atoms with Gasteiger partial charge in [0.05, 0.1) is 18.6 Å². The lowest BCUT2D eigenvalue weighted by atomic mass is 10.1. The number of nitrogens with zero attached hydrogens (tertiary/aromatic N) is 2. The van der Waals surface area contributed by atoms with Crippen molar-refractivity contribution >= 4 is 0 Å². The van der Waals surface area contributed by atoms with E-state index in [0.717, 1.165) is 12.0 Å². The predicted octanol–water partition coefficient (Wildman–Crippen LogP) is 0.758. The van der Waals surface area contributed by atoms with Crippen molar-refractivity contribution in [3.05, 3.63) is 29.8 Å². The van der Waals surface area contributed by atoms with E-state index in [2.05, 4.69) is 5.10 Å². The third-order valence-corrected chi connectivity index (χ3v) is 2.11. The topological polar surface area (TPSA) is 47.3 Å². The minimum absolute atomic E-state index is 0.608. The van der Waals surface area contributed by atoms with Crippen molar-refractivity contribution in [1.29, 1.82) is 0 Å². The lowest BCUT2D eigenvalue weighted by Gasteiger charge is -2.06. The van der Waals surface area contributed by atoms with Crippen molar-refractivity contribution in [1.82, 2.24) is 9.78 Å². The van der Waals surface area contributed by atoms with Crippen LogP contribution in [0.15, 0.2) is 24.1 Å². The quantitative estimate of drug-likeness (QED) is 0.730. The number of aliphatic hydroxyl groups is 1. The molecule has 1 unspecified atom stereocenters. The van der Waals surface area contributed by atoms with Crippen LogP contribution in [0.5, 0.6) is 0 Å². The lowest BCUT2D eigenvalue weighted by molar-refractivity contribution is 0.207. The second kappa shape index (κ2) is 3.22. The van der Waals surface area contributed by atoms with Crippen LogP contribution >= 0.6 is 0 Å². The van der Waals surface area contributed by atoms with Gasteiger partial charge in [0.15, 0.2) is 0 Å². The molecule has 13 heavy (non-hydrogen) atoms. The Balaban J connectivity index is 2.16. The maximum Gasteiger partial charge on any atom is 0.122 e. The summed E-state index contributed by atoms with van der Waals surface area (Å²) < 4.78 is 6.73. The third kappa shape index (κ3) is 1.58. The van der Waals surface area contributed by atoms with Gasteiger partial charge in [-0.15, -0.1) is 0 Å². The Labute approximate surface area is 76.4 Å². The van der Waals surface area contributed by atoms with E-state index in [4.69, 9.17) is 4.74 Å². The monoisotopic (exact) mass is 180 g/mol. The summed E-state index contributed by atoms with van der Waals surface area (Å²) >= 11 is 0. The van der Waals surface area contributed by atoms with E-state index in [0.29, 0.717) is 12.3 Å². The highest BCUT2D eigenvalue weighted by molar-refractivity contribution is 5.18. The molecule has 0 bridgehead atoms. The molecule has 0 spiro atoms. The Kier molecular flexibility index (Phi) is 2.06. The molecule has 4 heteroatoms. The first-order valence-electron chi connectivity index (χ1n) is 4.25. The Morgan fingerprint density at radius 2 is 2.54 bits per heavy atom. The molecule has 0 aliphatic carbocycles. The maximum absolute atomic E-state index is 9.81. The normalized spacial score (nSPS) is 18.2. The Bertz CT molecular complexity index is 330. The summed E-state index contributed by atoms with van der Waals surface area (Å²) in [5, 5.41) is 13.9. The van der Waals surface area contributed by atoms with Gasteiger partial charge in [0.1, 0.15) is 6.10 Å². The molecule has 2 heterocycles. The van der Waals surface area contributed by atoms with Crippen LogP contribution in [0.2, 0.25) is 0 Å². The first-order chi connectivity index (χ1) is 6.27. The van der Waals surface area contributed by atoms with Gasteiger partial charge in [-0.05, 0) is 6.07 Å². The minimum atomic E-state index is -0.608. The zero-order valence-corrected chi connectivity index (χ0v) is 7.47. The molecule has 0 amide bonds. The molecule has 1 atom stereocenters. The fourth-order valence-electron chi connectivity index (χ4n) is 1.37. The van der Waals surface area contributed by atoms with Gasteiger partial charge in [-0.2, -0.15) is 5.10 Å². The number of aliphatic hydroxyl groups excluding tert-OH is 1. The lowest BCUT2D eigenvalue weighted by Crippen LogP contribution is -2.02. The molecule has 1 aliphatic rings. The Morgan fingerprint density at radius 1 is 1.69 bits per heavy atom. The van der Waals surface area contributed by atoms with Gasteiger partial charge >= 0.3 is 0 Å². The van der Waals surface area contributed by atoms with Gasteiger partial charge in [0.25, 0.3) is 0 Å². The highest BCUT2D eigenvalue weighted by Gasteiger charge is 2.19. The predicted molar refractivity (Wildman–Crippen MR) is 46.8 cm³/mol. The first kappa shape index (κ1) is 8.31. The number of aromatic nitrogens is 2. The average molecular weight is 180 g/mol. The molecule has 4 nitrogen and oxygen atoms in total. The second-order valence-electron chi connectivity index (χ2n) is 3.13. The van der Waals surface area contributed by atoms with E-state index in [1.165, 1.54) is 0 Å². The zero-order valence-electron chi connectivity index (χ0n) is 7.47. The van der Waals surface area contributed by atoms with Gasteiger partial charge < -0.3 is 9.84 Å². The van der Waals surface area contributed by atoms with Crippen molar-refractivity contribution in [3.8, 4) is 0 Å². The van der Waals surface area contributed by atoms with Gasteiger partial charge in [-0.1, -0.05) is 0 Å². The molecule has 1 aromatic heterocycles. The summed E-state index contributed by atoms with van der Waals surface area (Å²) in [5.74, 6) is 0. The van der Waals surface area contributed by atoms with Gasteiger partial charge in [0, 0.05) is 25.2 Å². The average Bonchev–Trinajstić information content (AvgIpc) is 2.72. The van der Waals surface area contributed by atoms with Crippen LogP contribution in [0.1, 0.15) is 18.2 Å². The van der Waals surface area contributed by atoms with Crippen LogP contribution in [-0.2, 0) is 11.8 Å². The van der Waals surface area contributed by atoms with Crippen LogP contribution in [0.3, 0.4) is 0 Å². The van der Waals surface area contributed by atoms with Crippen molar-refractivity contribution in [2.45, 2.75) is 12.5 Å². The summed E-state index contributed by atoms with van der Waals surface area (Å²) in [6.07, 6.45) is 3.62. The maximum atomic E-state index is 9.81. The largest absolute Gasteiger partial charge is 0.501 e. The fraction of sp³-hybridized carbons (Fsp3) is 0.444. The van der Waals surface area contributed by atoms with Gasteiger partial charge in [-0.25, -0.2) is 0 Å². The molecule has 1 N–H and O–H groups in total. The van der Waals surface area contributed by atoms with Crippen molar-refractivity contribution in [2.24, 2.45) is 7.05 Å². The third-order valence-electron chi connectivity index (χ3n) is 2.11. The van der Waals surface area contributed by atoms with E-state index >= 15 is 0 Å². The molecule has 70 valence electrons. The Morgan fingerprint density at radius 3 is 3.08 bits per heavy atom. The molecule has 0 fully saturated rings. The van der Waals surface area contributed by atoms with Crippen LogP contribution in [0.4, 0.5) is 0 Å². The number of rotatable bonds is 2. The van der Waals surface area contributed by atoms with Crippen LogP contribution in [0, 0.1) is 0 Å². The van der Waals surface area contributed by atoms with E-state index in [1.54, 1.807) is 10.9 Å². The summed E-state index contributed by atoms with van der Waals surface area (Å²) in [6, 6.07) is 1.81. The molecule has 0 radical (unpaired) electrons. The smallest absolute Gasteiger partial charge is 0.122 e. The Hall–Kier alpha value is -1.29. The molecule has 0 saturated heterocycles. The fourth-order valence-corrected chi connectivity index (χ4v) is 1.37. The number of hydrogen-bond donors (Lipinski definition) is 1. The van der Waals surface area contributed by atoms with Crippen LogP contribution in [-0.4, -0.2) is 21.5 Å². The van der Waals surface area contributed by atoms with E-state index in [-0.39, 0.29) is 0 Å². The molecular weight excluding hydrogens is 168 g/mol. The standard InChI is InChI=1S/C9H12N2O2/c1-11-4-2-8(10-11)9(12)7-3-5-13-6-7/h2,4,6,9,12H,3,5H2,1H3. The van der Waals surface area contributed by atoms with E-state index in [9.17, 15) is 5.11 Å². The summed E-state index contributed by atoms with van der Waals surface area (Å²) in [6.45, 7) is 0.666. The van der Waals surface area contributed by atoms with Crippen molar-refractivity contribution in [2.75, 3.05) is 6.61 Å². The summed E-state index contributed by atoms with van der Waals surface area (Å²) in [7, 11) is 1.83. The SMILES string of the molecule is Cn1ccc(C(O)C2=COCC2)n1. The molecule has 1 aliphatic heterocycles. The van der Waals surface area contributed by atoms with Crippen molar-refractivity contribution in [3.63, 3.8) is 0 Å². The first-order valence-corrected chi connectivity index (χ1v) is 4.25.